The highest BCUT2D eigenvalue weighted by Crippen LogP contribution is 2.11. The maximum atomic E-state index is 9.41. The summed E-state index contributed by atoms with van der Waals surface area (Å²) in [7, 11) is 0. The Labute approximate surface area is 80.4 Å². The van der Waals surface area contributed by atoms with Crippen LogP contribution in [0.5, 0.6) is 0 Å². The molecule has 13 heavy (non-hydrogen) atoms. The van der Waals surface area contributed by atoms with Gasteiger partial charge in [0.2, 0.25) is 0 Å². The molecular weight excluding hydrogens is 160 g/mol. The molecule has 1 aromatic carbocycles. The molecule has 0 saturated carbocycles. The Bertz CT molecular complexity index is 255. The van der Waals surface area contributed by atoms with E-state index in [1.807, 2.05) is 6.92 Å². The first kappa shape index (κ1) is 10.3. The highest BCUT2D eigenvalue weighted by atomic mass is 16.3. The zero-order valence-electron chi connectivity index (χ0n) is 8.46. The molecule has 72 valence electrons. The molecule has 1 aromatic rings. The second-order valence-electron chi connectivity index (χ2n) is 3.53. The smallest absolute Gasteiger partial charge is 0.0540 e. The van der Waals surface area contributed by atoms with Crippen molar-refractivity contribution in [3.8, 4) is 0 Å². The summed E-state index contributed by atoms with van der Waals surface area (Å²) in [5.74, 6) is 0. The molecule has 0 aliphatic heterocycles. The van der Waals surface area contributed by atoms with Crippen LogP contribution in [0.2, 0.25) is 0 Å². The Balaban J connectivity index is 2.50. The van der Waals surface area contributed by atoms with Crippen molar-refractivity contribution in [2.24, 2.45) is 0 Å². The largest absolute Gasteiger partial charge is 0.393 e. The molecule has 0 radical (unpaired) electrons. The van der Waals surface area contributed by atoms with Gasteiger partial charge in [0.25, 0.3) is 0 Å². The zero-order chi connectivity index (χ0) is 9.68. The molecule has 1 rings (SSSR count). The van der Waals surface area contributed by atoms with Gasteiger partial charge in [-0.2, -0.15) is 0 Å². The van der Waals surface area contributed by atoms with E-state index in [2.05, 4.69) is 31.2 Å². The molecule has 0 heterocycles. The third-order valence-corrected chi connectivity index (χ3v) is 2.48. The van der Waals surface area contributed by atoms with Crippen LogP contribution in [-0.2, 0) is 6.42 Å². The normalized spacial score (nSPS) is 12.8. The highest BCUT2D eigenvalue weighted by Gasteiger charge is 2.02. The van der Waals surface area contributed by atoms with Gasteiger partial charge in [0.05, 0.1) is 6.10 Å². The number of rotatable bonds is 4. The number of hydrogen-bond donors (Lipinski definition) is 1. The van der Waals surface area contributed by atoms with Crippen LogP contribution in [0.1, 0.15) is 30.9 Å². The van der Waals surface area contributed by atoms with Crippen LogP contribution < -0.4 is 0 Å². The van der Waals surface area contributed by atoms with Gasteiger partial charge in [-0.3, -0.25) is 0 Å². The molecule has 0 aliphatic rings. The molecule has 0 spiro atoms. The highest BCUT2D eigenvalue weighted by molar-refractivity contribution is 5.25. The van der Waals surface area contributed by atoms with Gasteiger partial charge in [-0.25, -0.2) is 0 Å². The summed E-state index contributed by atoms with van der Waals surface area (Å²) >= 11 is 0. The SMILES string of the molecule is CCC(O)CCc1ccccc1C. The van der Waals surface area contributed by atoms with Crippen molar-refractivity contribution in [3.05, 3.63) is 35.4 Å². The van der Waals surface area contributed by atoms with E-state index in [1.165, 1.54) is 11.1 Å². The molecule has 0 bridgehead atoms. The van der Waals surface area contributed by atoms with Gasteiger partial charge in [0.1, 0.15) is 0 Å². The van der Waals surface area contributed by atoms with Gasteiger partial charge in [-0.15, -0.1) is 0 Å². The maximum Gasteiger partial charge on any atom is 0.0540 e. The van der Waals surface area contributed by atoms with Gasteiger partial charge >= 0.3 is 0 Å². The van der Waals surface area contributed by atoms with Crippen LogP contribution in [0.3, 0.4) is 0 Å². The van der Waals surface area contributed by atoms with Crippen LogP contribution in [0.25, 0.3) is 0 Å². The number of aliphatic hydroxyl groups excluding tert-OH is 1. The standard InChI is InChI=1S/C12H18O/c1-3-12(13)9-8-11-7-5-4-6-10(11)2/h4-7,12-13H,3,8-9H2,1-2H3. The minimum atomic E-state index is -0.139. The Kier molecular flexibility index (Phi) is 3.97. The van der Waals surface area contributed by atoms with E-state index in [0.717, 1.165) is 19.3 Å². The number of aliphatic hydroxyl groups is 1. The van der Waals surface area contributed by atoms with Crippen molar-refractivity contribution in [1.29, 1.82) is 0 Å². The van der Waals surface area contributed by atoms with Crippen LogP contribution in [0, 0.1) is 6.92 Å². The average Bonchev–Trinajstić information content (AvgIpc) is 2.16. The van der Waals surface area contributed by atoms with E-state index < -0.39 is 0 Å². The van der Waals surface area contributed by atoms with E-state index >= 15 is 0 Å². The van der Waals surface area contributed by atoms with Crippen molar-refractivity contribution in [2.75, 3.05) is 0 Å². The molecule has 0 amide bonds. The average molecular weight is 178 g/mol. The lowest BCUT2D eigenvalue weighted by molar-refractivity contribution is 0.160. The molecule has 0 fully saturated rings. The Morgan fingerprint density at radius 1 is 1.31 bits per heavy atom. The second kappa shape index (κ2) is 5.03. The summed E-state index contributed by atoms with van der Waals surface area (Å²) in [6, 6.07) is 8.36. The topological polar surface area (TPSA) is 20.2 Å². The van der Waals surface area contributed by atoms with Gasteiger partial charge in [0.15, 0.2) is 0 Å². The predicted octanol–water partition coefficient (Wildman–Crippen LogP) is 2.70. The fraction of sp³-hybridized carbons (Fsp3) is 0.500. The third-order valence-electron chi connectivity index (χ3n) is 2.48. The van der Waals surface area contributed by atoms with E-state index in [4.69, 9.17) is 0 Å². The van der Waals surface area contributed by atoms with Gasteiger partial charge < -0.3 is 5.11 Å². The van der Waals surface area contributed by atoms with E-state index in [1.54, 1.807) is 0 Å². The fourth-order valence-electron chi connectivity index (χ4n) is 1.42. The molecule has 0 saturated heterocycles. The Hall–Kier alpha value is -0.820. The zero-order valence-corrected chi connectivity index (χ0v) is 8.46. The van der Waals surface area contributed by atoms with Crippen molar-refractivity contribution < 1.29 is 5.11 Å². The molecule has 1 N–H and O–H groups in total. The number of aryl methyl sites for hydroxylation is 2. The lowest BCUT2D eigenvalue weighted by Crippen LogP contribution is -2.06. The number of benzene rings is 1. The molecule has 1 heteroatoms. The second-order valence-corrected chi connectivity index (χ2v) is 3.53. The summed E-state index contributed by atoms with van der Waals surface area (Å²) in [6.07, 6.45) is 2.58. The summed E-state index contributed by atoms with van der Waals surface area (Å²) in [4.78, 5) is 0. The van der Waals surface area contributed by atoms with Crippen molar-refractivity contribution in [1.82, 2.24) is 0 Å². The minimum absolute atomic E-state index is 0.139. The molecule has 0 aliphatic carbocycles. The fourth-order valence-corrected chi connectivity index (χ4v) is 1.42. The maximum absolute atomic E-state index is 9.41. The molecule has 1 nitrogen and oxygen atoms in total. The first-order valence-electron chi connectivity index (χ1n) is 4.96. The van der Waals surface area contributed by atoms with Crippen molar-refractivity contribution in [2.45, 2.75) is 39.2 Å². The Morgan fingerprint density at radius 3 is 2.62 bits per heavy atom. The summed E-state index contributed by atoms with van der Waals surface area (Å²) in [6.45, 7) is 4.14. The summed E-state index contributed by atoms with van der Waals surface area (Å²) in [5, 5.41) is 9.41. The summed E-state index contributed by atoms with van der Waals surface area (Å²) < 4.78 is 0. The van der Waals surface area contributed by atoms with E-state index in [-0.39, 0.29) is 6.10 Å². The van der Waals surface area contributed by atoms with Crippen LogP contribution >= 0.6 is 0 Å². The minimum Gasteiger partial charge on any atom is -0.393 e. The van der Waals surface area contributed by atoms with Crippen LogP contribution in [0.4, 0.5) is 0 Å². The quantitative estimate of drug-likeness (QED) is 0.751. The van der Waals surface area contributed by atoms with E-state index in [0.29, 0.717) is 0 Å². The Morgan fingerprint density at radius 2 is 2.00 bits per heavy atom. The molecule has 0 aromatic heterocycles. The van der Waals surface area contributed by atoms with Crippen molar-refractivity contribution in [3.63, 3.8) is 0 Å². The lowest BCUT2D eigenvalue weighted by atomic mass is 10.0. The molecular formula is C12H18O. The van der Waals surface area contributed by atoms with Crippen LogP contribution in [0.15, 0.2) is 24.3 Å². The summed E-state index contributed by atoms with van der Waals surface area (Å²) in [5.41, 5.74) is 2.68. The molecule has 1 atom stereocenters. The monoisotopic (exact) mass is 178 g/mol. The lowest BCUT2D eigenvalue weighted by Gasteiger charge is -2.08. The molecule has 1 unspecified atom stereocenters. The van der Waals surface area contributed by atoms with Gasteiger partial charge in [-0.1, -0.05) is 31.2 Å². The number of hydrogen-bond acceptors (Lipinski definition) is 1. The first-order valence-corrected chi connectivity index (χ1v) is 4.96. The predicted molar refractivity (Wildman–Crippen MR) is 55.8 cm³/mol. The first-order chi connectivity index (χ1) is 6.24. The third kappa shape index (κ3) is 3.19. The van der Waals surface area contributed by atoms with Gasteiger partial charge in [0, 0.05) is 0 Å². The van der Waals surface area contributed by atoms with Crippen molar-refractivity contribution >= 4 is 0 Å². The van der Waals surface area contributed by atoms with Gasteiger partial charge in [-0.05, 0) is 37.3 Å². The van der Waals surface area contributed by atoms with E-state index in [9.17, 15) is 5.11 Å². The van der Waals surface area contributed by atoms with Crippen LogP contribution in [-0.4, -0.2) is 11.2 Å².